The minimum Gasteiger partial charge on any atom is -0.481 e. The maximum atomic E-state index is 11.1. The molecule has 0 aromatic heterocycles. The van der Waals surface area contributed by atoms with Crippen molar-refractivity contribution in [3.63, 3.8) is 0 Å². The third-order valence-corrected chi connectivity index (χ3v) is 4.01. The van der Waals surface area contributed by atoms with Gasteiger partial charge in [-0.2, -0.15) is 0 Å². The Labute approximate surface area is 78.3 Å². The molecule has 0 heterocycles. The average Bonchev–Trinajstić information content (AvgIpc) is 2.20. The Morgan fingerprint density at radius 3 is 1.92 bits per heavy atom. The maximum Gasteiger partial charge on any atom is 0.309 e. The molecule has 3 aliphatic rings. The van der Waals surface area contributed by atoms with Crippen molar-refractivity contribution < 1.29 is 9.90 Å². The normalized spacial score (nSPS) is 42.7. The summed E-state index contributed by atoms with van der Waals surface area (Å²) >= 11 is 0. The summed E-state index contributed by atoms with van der Waals surface area (Å²) in [7, 11) is 0. The third-order valence-electron chi connectivity index (χ3n) is 4.01. The Morgan fingerprint density at radius 1 is 1.15 bits per heavy atom. The molecule has 0 radical (unpaired) electrons. The lowest BCUT2D eigenvalue weighted by atomic mass is 9.54. The SMILES string of the molecule is C#CC12CCC(C(=O)O)(CC1)CC2. The van der Waals surface area contributed by atoms with Crippen LogP contribution < -0.4 is 0 Å². The number of hydrogen-bond donors (Lipinski definition) is 1. The lowest BCUT2D eigenvalue weighted by molar-refractivity contribution is -0.156. The second kappa shape index (κ2) is 2.51. The van der Waals surface area contributed by atoms with E-state index in [1.165, 1.54) is 0 Å². The Kier molecular flexibility index (Phi) is 1.66. The van der Waals surface area contributed by atoms with Crippen LogP contribution in [0, 0.1) is 23.2 Å². The number of carboxylic acid groups (broad SMARTS) is 1. The molecule has 0 unspecified atom stereocenters. The number of rotatable bonds is 1. The number of terminal acetylenes is 1. The van der Waals surface area contributed by atoms with Crippen LogP contribution in [0.2, 0.25) is 0 Å². The highest BCUT2D eigenvalue weighted by Gasteiger charge is 2.51. The molecule has 0 spiro atoms. The zero-order valence-electron chi connectivity index (χ0n) is 7.68. The van der Waals surface area contributed by atoms with E-state index >= 15 is 0 Å². The highest BCUT2D eigenvalue weighted by atomic mass is 16.4. The van der Waals surface area contributed by atoms with E-state index in [-0.39, 0.29) is 5.41 Å². The summed E-state index contributed by atoms with van der Waals surface area (Å²) in [6, 6.07) is 0. The Hall–Kier alpha value is -0.970. The molecule has 0 saturated heterocycles. The summed E-state index contributed by atoms with van der Waals surface area (Å²) in [5.41, 5.74) is -0.365. The Balaban J connectivity index is 2.22. The van der Waals surface area contributed by atoms with E-state index in [4.69, 9.17) is 11.5 Å². The molecule has 3 fully saturated rings. The quantitative estimate of drug-likeness (QED) is 0.624. The zero-order chi connectivity index (χ0) is 9.53. The topological polar surface area (TPSA) is 37.3 Å². The molecule has 0 atom stereocenters. The summed E-state index contributed by atoms with van der Waals surface area (Å²) in [5, 5.41) is 9.12. The van der Waals surface area contributed by atoms with E-state index in [1.807, 2.05) is 0 Å². The van der Waals surface area contributed by atoms with Crippen LogP contribution in [0.3, 0.4) is 0 Å². The number of carbonyl (C=O) groups is 1. The molecule has 1 N–H and O–H groups in total. The van der Waals surface area contributed by atoms with Crippen molar-refractivity contribution in [1.29, 1.82) is 0 Å². The van der Waals surface area contributed by atoms with Crippen molar-refractivity contribution in [2.75, 3.05) is 0 Å². The van der Waals surface area contributed by atoms with Crippen molar-refractivity contribution in [3.05, 3.63) is 0 Å². The van der Waals surface area contributed by atoms with Gasteiger partial charge in [-0.1, -0.05) is 5.92 Å². The fourth-order valence-electron chi connectivity index (χ4n) is 2.72. The highest BCUT2D eigenvalue weighted by molar-refractivity contribution is 5.75. The molecule has 0 aromatic carbocycles. The Morgan fingerprint density at radius 2 is 1.62 bits per heavy atom. The largest absolute Gasteiger partial charge is 0.481 e. The summed E-state index contributed by atoms with van der Waals surface area (Å²) in [6.45, 7) is 0. The number of carboxylic acids is 1. The molecular weight excluding hydrogens is 164 g/mol. The molecule has 3 saturated carbocycles. The van der Waals surface area contributed by atoms with Gasteiger partial charge in [-0.25, -0.2) is 0 Å². The van der Waals surface area contributed by atoms with Crippen molar-refractivity contribution in [2.24, 2.45) is 10.8 Å². The molecule has 0 amide bonds. The first kappa shape index (κ1) is 8.62. The second-order valence-corrected chi connectivity index (χ2v) is 4.51. The fourth-order valence-corrected chi connectivity index (χ4v) is 2.72. The van der Waals surface area contributed by atoms with E-state index in [0.29, 0.717) is 0 Å². The second-order valence-electron chi connectivity index (χ2n) is 4.51. The molecule has 2 heteroatoms. The number of hydrogen-bond acceptors (Lipinski definition) is 1. The standard InChI is InChI=1S/C11H14O2/c1-2-10-3-6-11(7-4-10,8-5-10)9(12)13/h1H,3-8H2,(H,12,13). The van der Waals surface area contributed by atoms with Crippen molar-refractivity contribution in [1.82, 2.24) is 0 Å². The highest BCUT2D eigenvalue weighted by Crippen LogP contribution is 2.56. The van der Waals surface area contributed by atoms with Gasteiger partial charge < -0.3 is 5.11 Å². The van der Waals surface area contributed by atoms with Crippen LogP contribution in [-0.2, 0) is 4.79 Å². The minimum absolute atomic E-state index is 0.0528. The van der Waals surface area contributed by atoms with Crippen molar-refractivity contribution in [3.8, 4) is 12.3 Å². The van der Waals surface area contributed by atoms with Gasteiger partial charge in [0.2, 0.25) is 0 Å². The summed E-state index contributed by atoms with van der Waals surface area (Å²) in [5.74, 6) is 2.26. The van der Waals surface area contributed by atoms with Gasteiger partial charge in [0, 0.05) is 5.41 Å². The van der Waals surface area contributed by atoms with Crippen LogP contribution in [0.4, 0.5) is 0 Å². The maximum absolute atomic E-state index is 11.1. The summed E-state index contributed by atoms with van der Waals surface area (Å²) in [6.07, 6.45) is 10.6. The molecular formula is C11H14O2. The number of aliphatic carboxylic acids is 1. The van der Waals surface area contributed by atoms with E-state index in [0.717, 1.165) is 38.5 Å². The summed E-state index contributed by atoms with van der Waals surface area (Å²) in [4.78, 5) is 11.1. The fraction of sp³-hybridized carbons (Fsp3) is 0.727. The molecule has 0 aromatic rings. The van der Waals surface area contributed by atoms with Gasteiger partial charge in [-0.05, 0) is 38.5 Å². The van der Waals surface area contributed by atoms with Crippen LogP contribution in [0.1, 0.15) is 38.5 Å². The molecule has 3 rings (SSSR count). The molecule has 3 aliphatic carbocycles. The van der Waals surface area contributed by atoms with Crippen LogP contribution in [0.5, 0.6) is 0 Å². The zero-order valence-corrected chi connectivity index (χ0v) is 7.68. The monoisotopic (exact) mass is 178 g/mol. The third kappa shape index (κ3) is 1.07. The minimum atomic E-state index is -0.613. The van der Waals surface area contributed by atoms with Gasteiger partial charge in [0.1, 0.15) is 0 Å². The van der Waals surface area contributed by atoms with Crippen molar-refractivity contribution >= 4 is 5.97 Å². The number of fused-ring (bicyclic) bond motifs is 3. The molecule has 70 valence electrons. The average molecular weight is 178 g/mol. The smallest absolute Gasteiger partial charge is 0.309 e. The van der Waals surface area contributed by atoms with E-state index in [9.17, 15) is 4.79 Å². The molecule has 2 nitrogen and oxygen atoms in total. The lowest BCUT2D eigenvalue weighted by Gasteiger charge is -2.48. The van der Waals surface area contributed by atoms with Crippen LogP contribution >= 0.6 is 0 Å². The first-order valence-corrected chi connectivity index (χ1v) is 4.84. The van der Waals surface area contributed by atoms with Crippen LogP contribution in [0.15, 0.2) is 0 Å². The first-order chi connectivity index (χ1) is 6.13. The molecule has 0 aliphatic heterocycles. The van der Waals surface area contributed by atoms with Gasteiger partial charge >= 0.3 is 5.97 Å². The van der Waals surface area contributed by atoms with Gasteiger partial charge in [0.05, 0.1) is 5.41 Å². The van der Waals surface area contributed by atoms with E-state index in [1.54, 1.807) is 0 Å². The van der Waals surface area contributed by atoms with Crippen LogP contribution in [-0.4, -0.2) is 11.1 Å². The predicted octanol–water partition coefficient (Wildman–Crippen LogP) is 2.04. The predicted molar refractivity (Wildman–Crippen MR) is 49.0 cm³/mol. The Bertz CT molecular complexity index is 260. The van der Waals surface area contributed by atoms with Crippen LogP contribution in [0.25, 0.3) is 0 Å². The van der Waals surface area contributed by atoms with Gasteiger partial charge in [-0.3, -0.25) is 4.79 Å². The lowest BCUT2D eigenvalue weighted by Crippen LogP contribution is -2.45. The molecule has 13 heavy (non-hydrogen) atoms. The first-order valence-electron chi connectivity index (χ1n) is 4.84. The van der Waals surface area contributed by atoms with E-state index in [2.05, 4.69) is 5.92 Å². The molecule has 2 bridgehead atoms. The van der Waals surface area contributed by atoms with Gasteiger partial charge in [0.15, 0.2) is 0 Å². The van der Waals surface area contributed by atoms with Crippen molar-refractivity contribution in [2.45, 2.75) is 38.5 Å². The van der Waals surface area contributed by atoms with Gasteiger partial charge in [-0.15, -0.1) is 6.42 Å². The summed E-state index contributed by atoms with van der Waals surface area (Å²) < 4.78 is 0. The van der Waals surface area contributed by atoms with E-state index < -0.39 is 11.4 Å². The van der Waals surface area contributed by atoms with Gasteiger partial charge in [0.25, 0.3) is 0 Å².